The Bertz CT molecular complexity index is 1470. The number of aliphatic hydroxyl groups excluding tert-OH is 1. The van der Waals surface area contributed by atoms with Crippen LogP contribution >= 0.6 is 0 Å². The van der Waals surface area contributed by atoms with Crippen LogP contribution in [0.25, 0.3) is 0 Å². The fourth-order valence-corrected chi connectivity index (χ4v) is 8.11. The topological polar surface area (TPSA) is 90.4 Å². The second-order valence-corrected chi connectivity index (χ2v) is 13.2. The molecule has 3 fully saturated rings. The van der Waals surface area contributed by atoms with Crippen LogP contribution in [0.1, 0.15) is 51.2 Å². The van der Waals surface area contributed by atoms with E-state index >= 15 is 4.79 Å². The van der Waals surface area contributed by atoms with Gasteiger partial charge in [-0.25, -0.2) is 0 Å². The van der Waals surface area contributed by atoms with Gasteiger partial charge in [0.25, 0.3) is 5.91 Å². The van der Waals surface area contributed by atoms with Gasteiger partial charge in [-0.1, -0.05) is 63.3 Å². The third-order valence-corrected chi connectivity index (χ3v) is 10.3. The van der Waals surface area contributed by atoms with Crippen molar-refractivity contribution in [1.82, 2.24) is 4.90 Å². The van der Waals surface area contributed by atoms with Crippen molar-refractivity contribution in [3.8, 4) is 0 Å². The third kappa shape index (κ3) is 5.12. The van der Waals surface area contributed by atoms with Crippen LogP contribution in [0.4, 0.5) is 11.4 Å². The van der Waals surface area contributed by atoms with Crippen molar-refractivity contribution in [1.29, 1.82) is 0 Å². The zero-order chi connectivity index (χ0) is 32.7. The van der Waals surface area contributed by atoms with Crippen molar-refractivity contribution < 1.29 is 24.2 Å². The Kier molecular flexibility index (Phi) is 9.11. The number of hydrogen-bond acceptors (Lipinski definition) is 5. The molecule has 3 saturated heterocycles. The second-order valence-electron chi connectivity index (χ2n) is 13.2. The van der Waals surface area contributed by atoms with Gasteiger partial charge in [-0.15, -0.1) is 13.2 Å². The van der Waals surface area contributed by atoms with Crippen molar-refractivity contribution in [3.63, 3.8) is 0 Å². The van der Waals surface area contributed by atoms with E-state index in [1.807, 2.05) is 83.1 Å². The first-order chi connectivity index (χ1) is 21.5. The molecule has 0 radical (unpaired) electrons. The van der Waals surface area contributed by atoms with Gasteiger partial charge in [-0.3, -0.25) is 14.4 Å². The van der Waals surface area contributed by atoms with Gasteiger partial charge in [0.05, 0.1) is 30.1 Å². The summed E-state index contributed by atoms with van der Waals surface area (Å²) in [5.74, 6) is -2.63. The number of carbonyl (C=O) groups is 3. The van der Waals surface area contributed by atoms with Crippen molar-refractivity contribution in [2.24, 2.45) is 17.8 Å². The molecule has 2 bridgehead atoms. The number of rotatable bonds is 12. The predicted molar refractivity (Wildman–Crippen MR) is 177 cm³/mol. The van der Waals surface area contributed by atoms with Gasteiger partial charge < -0.3 is 24.5 Å². The normalized spacial score (nSPS) is 27.4. The smallest absolute Gasteiger partial charge is 0.253 e. The monoisotopic (exact) mass is 613 g/mol. The van der Waals surface area contributed by atoms with Gasteiger partial charge in [0.15, 0.2) is 0 Å². The first-order valence-electron chi connectivity index (χ1n) is 16.1. The number of hydrogen-bond donors (Lipinski definition) is 1. The van der Waals surface area contributed by atoms with Crippen LogP contribution < -0.4 is 9.80 Å². The van der Waals surface area contributed by atoms with Gasteiger partial charge in [0, 0.05) is 24.5 Å². The minimum atomic E-state index is -1.22. The van der Waals surface area contributed by atoms with E-state index in [-0.39, 0.29) is 43.3 Å². The van der Waals surface area contributed by atoms with Crippen LogP contribution in [0.5, 0.6) is 0 Å². The minimum Gasteiger partial charge on any atom is -0.394 e. The lowest BCUT2D eigenvalue weighted by Gasteiger charge is -2.41. The number of benzene rings is 2. The molecule has 8 nitrogen and oxygen atoms in total. The first-order valence-corrected chi connectivity index (χ1v) is 16.1. The van der Waals surface area contributed by atoms with Crippen molar-refractivity contribution in [3.05, 3.63) is 85.0 Å². The number of aryl methyl sites for hydroxylation is 2. The van der Waals surface area contributed by atoms with Gasteiger partial charge in [0.1, 0.15) is 11.6 Å². The Labute approximate surface area is 267 Å². The summed E-state index contributed by atoms with van der Waals surface area (Å²) in [4.78, 5) is 49.6. The first kappa shape index (κ1) is 32.6. The Balaban J connectivity index is 1.68. The molecule has 2 unspecified atom stereocenters. The molecule has 240 valence electrons. The van der Waals surface area contributed by atoms with Crippen LogP contribution in [0.15, 0.2) is 73.8 Å². The lowest BCUT2D eigenvalue weighted by atomic mass is 9.64. The zero-order valence-corrected chi connectivity index (χ0v) is 27.2. The van der Waals surface area contributed by atoms with Gasteiger partial charge >= 0.3 is 0 Å². The van der Waals surface area contributed by atoms with Crippen LogP contribution in [0, 0.1) is 31.6 Å². The lowest BCUT2D eigenvalue weighted by Crippen LogP contribution is -2.60. The van der Waals surface area contributed by atoms with Gasteiger partial charge in [-0.2, -0.15) is 0 Å². The maximum atomic E-state index is 15.1. The van der Waals surface area contributed by atoms with Crippen LogP contribution in [0.2, 0.25) is 0 Å². The van der Waals surface area contributed by atoms with E-state index in [1.54, 1.807) is 26.9 Å². The number of likely N-dealkylation sites (tertiary alicyclic amines) is 1. The molecule has 6 atom stereocenters. The average molecular weight is 614 g/mol. The van der Waals surface area contributed by atoms with Gasteiger partial charge in [0.2, 0.25) is 11.8 Å². The average Bonchev–Trinajstić information content (AvgIpc) is 3.64. The van der Waals surface area contributed by atoms with Crippen LogP contribution in [-0.4, -0.2) is 70.7 Å². The number of ether oxygens (including phenoxy) is 1. The van der Waals surface area contributed by atoms with Gasteiger partial charge in [-0.05, 0) is 68.4 Å². The summed E-state index contributed by atoms with van der Waals surface area (Å²) in [5.41, 5.74) is 1.25. The Morgan fingerprint density at radius 3 is 2.31 bits per heavy atom. The number of anilines is 2. The highest BCUT2D eigenvalue weighted by Gasteiger charge is 2.79. The summed E-state index contributed by atoms with van der Waals surface area (Å²) in [6, 6.07) is 13.7. The Morgan fingerprint density at radius 2 is 1.71 bits per heavy atom. The Hall–Kier alpha value is -3.75. The minimum absolute atomic E-state index is 0.147. The molecule has 3 aliphatic heterocycles. The number of amides is 3. The Morgan fingerprint density at radius 1 is 1.04 bits per heavy atom. The van der Waals surface area contributed by atoms with E-state index in [1.165, 1.54) is 0 Å². The molecule has 3 aliphatic rings. The van der Waals surface area contributed by atoms with E-state index in [9.17, 15) is 14.7 Å². The molecule has 3 heterocycles. The molecule has 5 rings (SSSR count). The highest BCUT2D eigenvalue weighted by atomic mass is 16.5. The largest absolute Gasteiger partial charge is 0.394 e. The third-order valence-electron chi connectivity index (χ3n) is 10.3. The predicted octanol–water partition coefficient (Wildman–Crippen LogP) is 5.21. The number of carbonyl (C=O) groups excluding carboxylic acids is 3. The standard InChI is InChI=1S/C37H47N3O5/c1-8-20-38(27-14-12-11-13-15-27)33(42)30-31-34(43)40(29(23-41)24(4)5)32(37(31)19-18-36(30,10-3)45-37)35(44)39(21-9-2)28-22-25(6)16-17-26(28)7/h8-9,11-17,22,24,29-32,41H,1-2,10,18-21,23H2,3-7H3/t29-,30-,31-,32?,36+,37?/m0/s1. The SMILES string of the molecule is C=CCN(C(=O)[C@@H]1[C@H]2C(=O)N([C@@H](CO)C(C)C)C(C(=O)N(CC=C)c3cc(C)ccc3C)C23CC[C@@]1(CC)O3)c1ccccc1. The van der Waals surface area contributed by atoms with Crippen LogP contribution in [0.3, 0.4) is 0 Å². The molecule has 1 spiro atoms. The molecule has 45 heavy (non-hydrogen) atoms. The fourth-order valence-electron chi connectivity index (χ4n) is 8.11. The molecule has 1 N–H and O–H groups in total. The summed E-state index contributed by atoms with van der Waals surface area (Å²) >= 11 is 0. The fraction of sp³-hybridized carbons (Fsp3) is 0.486. The summed E-state index contributed by atoms with van der Waals surface area (Å²) in [5, 5.41) is 10.7. The van der Waals surface area contributed by atoms with E-state index in [0.29, 0.717) is 24.9 Å². The molecular weight excluding hydrogens is 566 g/mol. The zero-order valence-electron chi connectivity index (χ0n) is 27.2. The van der Waals surface area contributed by atoms with Crippen molar-refractivity contribution >= 4 is 29.1 Å². The summed E-state index contributed by atoms with van der Waals surface area (Å²) < 4.78 is 7.05. The lowest BCUT2D eigenvalue weighted by molar-refractivity contribution is -0.150. The molecular formula is C37H47N3O5. The molecule has 2 aromatic carbocycles. The molecule has 2 aromatic rings. The number of fused-ring (bicyclic) bond motifs is 1. The molecule has 0 aliphatic carbocycles. The van der Waals surface area contributed by atoms with E-state index in [4.69, 9.17) is 4.74 Å². The summed E-state index contributed by atoms with van der Waals surface area (Å²) in [6.45, 7) is 17.8. The maximum absolute atomic E-state index is 15.1. The second kappa shape index (κ2) is 12.6. The highest BCUT2D eigenvalue weighted by molar-refractivity contribution is 6.07. The van der Waals surface area contributed by atoms with Crippen molar-refractivity contribution in [2.75, 3.05) is 29.5 Å². The van der Waals surface area contributed by atoms with E-state index in [2.05, 4.69) is 13.2 Å². The molecule has 0 saturated carbocycles. The summed E-state index contributed by atoms with van der Waals surface area (Å²) in [7, 11) is 0. The highest BCUT2D eigenvalue weighted by Crippen LogP contribution is 2.65. The van der Waals surface area contributed by atoms with E-state index < -0.39 is 35.1 Å². The number of para-hydroxylation sites is 1. The molecule has 3 amide bonds. The van der Waals surface area contributed by atoms with Crippen molar-refractivity contribution in [2.45, 2.75) is 77.2 Å². The number of nitrogens with zero attached hydrogens (tertiary/aromatic N) is 3. The maximum Gasteiger partial charge on any atom is 0.253 e. The molecule has 0 aromatic heterocycles. The summed E-state index contributed by atoms with van der Waals surface area (Å²) in [6.07, 6.45) is 4.90. The number of aliphatic hydroxyl groups is 1. The molecule has 8 heteroatoms. The van der Waals surface area contributed by atoms with E-state index in [0.717, 1.165) is 16.8 Å². The van der Waals surface area contributed by atoms with Crippen LogP contribution in [-0.2, 0) is 19.1 Å². The quantitative estimate of drug-likeness (QED) is 0.332.